The van der Waals surface area contributed by atoms with Crippen molar-refractivity contribution in [1.82, 2.24) is 25.0 Å². The van der Waals surface area contributed by atoms with E-state index in [9.17, 15) is 37.5 Å². The van der Waals surface area contributed by atoms with Crippen LogP contribution in [0.1, 0.15) is 161 Å². The van der Waals surface area contributed by atoms with Crippen LogP contribution in [-0.4, -0.2) is 91.2 Å². The molecule has 1 fully saturated rings. The number of hydrogen-bond acceptors (Lipinski definition) is 11. The normalized spacial score (nSPS) is 17.9. The summed E-state index contributed by atoms with van der Waals surface area (Å²) in [4.78, 5) is 58.4. The summed E-state index contributed by atoms with van der Waals surface area (Å²) in [5, 5.41) is 24.0. The molecule has 8 heterocycles. The Labute approximate surface area is 457 Å². The first-order valence-electron chi connectivity index (χ1n) is 28.9. The number of alkyl halides is 3. The number of carbonyl (C=O) groups excluding carboxylic acids is 3. The van der Waals surface area contributed by atoms with Gasteiger partial charge >= 0.3 is 6.18 Å². The second kappa shape index (κ2) is 22.3. The van der Waals surface area contributed by atoms with Gasteiger partial charge in [0.15, 0.2) is 5.78 Å². The Morgan fingerprint density at radius 1 is 0.772 bits per heavy atom. The second-order valence-corrected chi connectivity index (χ2v) is 22.7. The van der Waals surface area contributed by atoms with Crippen LogP contribution in [0.5, 0.6) is 17.2 Å². The van der Waals surface area contributed by atoms with Gasteiger partial charge in [-0.25, -0.2) is 9.67 Å². The molecule has 0 atom stereocenters. The van der Waals surface area contributed by atoms with Gasteiger partial charge < -0.3 is 34.5 Å². The van der Waals surface area contributed by atoms with Crippen LogP contribution in [0, 0.1) is 0 Å². The van der Waals surface area contributed by atoms with E-state index in [1.807, 2.05) is 29.4 Å². The fraction of sp³-hybridized carbons (Fsp3) is 0.484. The SMILES string of the molecule is O=C(CN1CCC(Oc2ccc3c(c2)CN(c2cn[nH]c(=O)c2C(F)(F)F)C3)CC1)NCCCCCCCC(=O)c1ccc(C(=O)[O-])c(C2=c3cc4c5c(c3Oc3c2cc2c6c3CCCN6CCCC2)CCC[N+]=5CCCC4)c1. The smallest absolute Gasteiger partial charge is 0.423 e. The zero-order valence-electron chi connectivity index (χ0n) is 44.8. The van der Waals surface area contributed by atoms with Crippen LogP contribution in [0.25, 0.3) is 5.57 Å². The van der Waals surface area contributed by atoms with Crippen molar-refractivity contribution in [2.45, 2.75) is 141 Å². The monoisotopic (exact) mass is 1080 g/mol. The number of carbonyl (C=O) groups is 3. The lowest BCUT2D eigenvalue weighted by Gasteiger charge is -2.36. The van der Waals surface area contributed by atoms with Gasteiger partial charge in [0.2, 0.25) is 11.3 Å². The molecule has 1 amide bonds. The number of carboxylic acid groups (broad SMARTS) is 1. The molecule has 414 valence electrons. The highest BCUT2D eigenvalue weighted by atomic mass is 19.4. The van der Waals surface area contributed by atoms with Gasteiger partial charge in [-0.2, -0.15) is 18.3 Å². The molecule has 7 aliphatic rings. The average Bonchev–Trinajstić information content (AvgIpc) is 3.73. The van der Waals surface area contributed by atoms with Gasteiger partial charge in [-0.05, 0) is 130 Å². The number of rotatable bonds is 16. The van der Waals surface area contributed by atoms with Crippen LogP contribution in [0.15, 0.2) is 59.5 Å². The number of fused-ring (bicyclic) bond motifs is 5. The Balaban J connectivity index is 0.641. The number of carboxylic acids is 1. The Bertz CT molecular complexity index is 3440. The fourth-order valence-corrected chi connectivity index (χ4v) is 13.7. The van der Waals surface area contributed by atoms with Gasteiger partial charge in [0, 0.05) is 109 Å². The molecule has 14 nitrogen and oxygen atoms in total. The minimum absolute atomic E-state index is 0.0199. The Morgan fingerprint density at radius 3 is 2.39 bits per heavy atom. The lowest BCUT2D eigenvalue weighted by Crippen LogP contribution is -2.43. The van der Waals surface area contributed by atoms with Gasteiger partial charge in [-0.1, -0.05) is 37.5 Å². The molecule has 0 radical (unpaired) electrons. The number of benzene rings is 4. The van der Waals surface area contributed by atoms with E-state index in [0.717, 1.165) is 174 Å². The average molecular weight is 1080 g/mol. The van der Waals surface area contributed by atoms with E-state index in [2.05, 4.69) is 36.9 Å². The first-order chi connectivity index (χ1) is 38.4. The highest BCUT2D eigenvalue weighted by Crippen LogP contribution is 2.49. The number of H-pyrrole nitrogens is 1. The summed E-state index contributed by atoms with van der Waals surface area (Å²) in [6, 6.07) is 15.1. The highest BCUT2D eigenvalue weighted by molar-refractivity contribution is 6.03. The van der Waals surface area contributed by atoms with Crippen molar-refractivity contribution in [3.05, 3.63) is 137 Å². The Hall–Kier alpha value is -7.01. The molecule has 12 rings (SSSR count). The number of ketones is 1. The maximum absolute atomic E-state index is 14.1. The molecule has 1 saturated heterocycles. The minimum Gasteiger partial charge on any atom is -0.545 e. The number of nitrogens with zero attached hydrogens (tertiary/aromatic N) is 5. The van der Waals surface area contributed by atoms with Crippen molar-refractivity contribution >= 4 is 34.6 Å². The predicted molar refractivity (Wildman–Crippen MR) is 292 cm³/mol. The molecule has 0 unspecified atom stereocenters. The number of unbranched alkanes of at least 4 members (excludes halogenated alkanes) is 4. The van der Waals surface area contributed by atoms with E-state index in [-0.39, 0.29) is 42.1 Å². The third-order valence-corrected chi connectivity index (χ3v) is 17.5. The maximum Gasteiger partial charge on any atom is 0.423 e. The third-order valence-electron chi connectivity index (χ3n) is 17.5. The number of hydrogen-bond donors (Lipinski definition) is 2. The van der Waals surface area contributed by atoms with E-state index >= 15 is 0 Å². The van der Waals surface area contributed by atoms with Gasteiger partial charge in [-0.15, -0.1) is 0 Å². The third kappa shape index (κ3) is 10.7. The van der Waals surface area contributed by atoms with Crippen LogP contribution in [0.2, 0.25) is 0 Å². The number of halogens is 3. The molecule has 5 aromatic rings. The molecule has 1 aromatic heterocycles. The number of aromatic nitrogens is 2. The predicted octanol–water partition coefficient (Wildman–Crippen LogP) is 7.07. The quantitative estimate of drug-likeness (QED) is 0.0579. The van der Waals surface area contributed by atoms with E-state index < -0.39 is 23.3 Å². The second-order valence-electron chi connectivity index (χ2n) is 22.7. The highest BCUT2D eigenvalue weighted by Gasteiger charge is 2.40. The van der Waals surface area contributed by atoms with Crippen molar-refractivity contribution in [3.63, 3.8) is 0 Å². The largest absolute Gasteiger partial charge is 0.545 e. The minimum atomic E-state index is -4.82. The van der Waals surface area contributed by atoms with Crippen LogP contribution in [0.3, 0.4) is 0 Å². The Morgan fingerprint density at radius 2 is 1.54 bits per heavy atom. The summed E-state index contributed by atoms with van der Waals surface area (Å²) < 4.78 is 57.4. The van der Waals surface area contributed by atoms with Crippen LogP contribution in [-0.2, 0) is 49.7 Å². The van der Waals surface area contributed by atoms with Gasteiger partial charge in [0.1, 0.15) is 42.0 Å². The van der Waals surface area contributed by atoms with Crippen LogP contribution in [0.4, 0.5) is 24.5 Å². The number of nitrogens with one attached hydrogen (secondary N) is 2. The van der Waals surface area contributed by atoms with Crippen molar-refractivity contribution in [1.29, 1.82) is 0 Å². The van der Waals surface area contributed by atoms with Gasteiger partial charge in [0.25, 0.3) is 5.56 Å². The molecule has 0 bridgehead atoms. The van der Waals surface area contributed by atoms with E-state index in [0.29, 0.717) is 55.9 Å². The lowest BCUT2D eigenvalue weighted by atomic mass is 9.82. The standard InChI is InChI=1S/C62H68F3N7O7/c63-62(64,65)55-51(34-67-68-60(55)75)72-35-41-17-19-44(30-42(41)36-72)78-43-21-28-69(29-22-43)37-53(74)66-23-7-3-1-2-4-16-52(73)38-18-20-45(61(76)77)48(31-38)54-49-32-39-12-5-8-24-70-26-10-14-46(56(39)70)58(49)79-59-47-15-11-27-71-25-9-6-13-40(57(47)71)33-50(54)59/h17-20,30-34,43H,1-16,21-29,35-37H2,(H2-,66,68,74,75,76,77). The number of piperidine rings is 1. The number of aromatic carboxylic acids is 1. The molecule has 7 aliphatic heterocycles. The summed E-state index contributed by atoms with van der Waals surface area (Å²) in [7, 11) is 0. The van der Waals surface area contributed by atoms with Crippen molar-refractivity contribution in [2.24, 2.45) is 0 Å². The molecule has 17 heteroatoms. The number of Topliss-reactive ketones (excluding diaryl/α,β-unsaturated/α-hetero) is 1. The lowest BCUT2D eigenvalue weighted by molar-refractivity contribution is -0.255. The number of aryl methyl sites for hydroxylation is 2. The van der Waals surface area contributed by atoms with E-state index in [1.165, 1.54) is 38.2 Å². The van der Waals surface area contributed by atoms with E-state index in [1.54, 1.807) is 12.1 Å². The maximum atomic E-state index is 14.1. The number of likely N-dealkylation sites (tertiary alicyclic amines) is 1. The molecule has 0 spiro atoms. The summed E-state index contributed by atoms with van der Waals surface area (Å²) in [6.45, 7) is 6.73. The zero-order valence-corrected chi connectivity index (χ0v) is 44.8. The molecule has 2 N–H and O–H groups in total. The van der Waals surface area contributed by atoms with Crippen LogP contribution >= 0.6 is 0 Å². The summed E-state index contributed by atoms with van der Waals surface area (Å²) in [6.07, 6.45) is 12.3. The topological polar surface area (TPSA) is 163 Å². The number of aromatic amines is 1. The van der Waals surface area contributed by atoms with Crippen LogP contribution < -0.4 is 50.4 Å². The fourth-order valence-electron chi connectivity index (χ4n) is 13.7. The molecule has 0 saturated carbocycles. The zero-order chi connectivity index (χ0) is 54.4. The van der Waals surface area contributed by atoms with Gasteiger partial charge in [0.05, 0.1) is 30.0 Å². The summed E-state index contributed by atoms with van der Waals surface area (Å²) in [5.41, 5.74) is 8.06. The van der Waals surface area contributed by atoms with E-state index in [4.69, 9.17) is 9.47 Å². The molecule has 4 aromatic carbocycles. The molecule has 0 aliphatic carbocycles. The Kier molecular flexibility index (Phi) is 14.8. The first-order valence-corrected chi connectivity index (χ1v) is 28.9. The summed E-state index contributed by atoms with van der Waals surface area (Å²) >= 11 is 0. The molecule has 79 heavy (non-hydrogen) atoms. The molecular formula is C62H68F3N7O7. The summed E-state index contributed by atoms with van der Waals surface area (Å²) in [5.74, 6) is 0.996. The number of anilines is 2. The number of amides is 1. The van der Waals surface area contributed by atoms with Crippen molar-refractivity contribution in [2.75, 3.05) is 62.2 Å². The van der Waals surface area contributed by atoms with Crippen molar-refractivity contribution in [3.8, 4) is 17.2 Å². The number of ether oxygens (including phenoxy) is 2. The van der Waals surface area contributed by atoms with Gasteiger partial charge in [-0.3, -0.25) is 19.3 Å². The molecular weight excluding hydrogens is 1010 g/mol. The first kappa shape index (κ1) is 52.7. The van der Waals surface area contributed by atoms with Crippen molar-refractivity contribution < 1.29 is 42.1 Å².